The van der Waals surface area contributed by atoms with Crippen molar-refractivity contribution in [1.29, 1.82) is 0 Å². The Morgan fingerprint density at radius 3 is 2.04 bits per heavy atom. The van der Waals surface area contributed by atoms with Gasteiger partial charge in [-0.25, -0.2) is 5.48 Å². The summed E-state index contributed by atoms with van der Waals surface area (Å²) in [5.41, 5.74) is 9.09. The lowest BCUT2D eigenvalue weighted by Gasteiger charge is -2.25. The van der Waals surface area contributed by atoms with Gasteiger partial charge in [-0.2, -0.15) is 0 Å². The number of rotatable bonds is 25. The number of amides is 4. The van der Waals surface area contributed by atoms with Gasteiger partial charge in [0.1, 0.15) is 17.9 Å². The fourth-order valence-electron chi connectivity index (χ4n) is 4.76. The molecule has 0 fully saturated rings. The van der Waals surface area contributed by atoms with E-state index in [1.165, 1.54) is 0 Å². The van der Waals surface area contributed by atoms with Gasteiger partial charge in [0.05, 0.1) is 6.61 Å². The molecule has 0 aromatic heterocycles. The van der Waals surface area contributed by atoms with Crippen molar-refractivity contribution in [2.75, 3.05) is 11.9 Å². The molecule has 13 heteroatoms. The Morgan fingerprint density at radius 2 is 1.44 bits per heavy atom. The van der Waals surface area contributed by atoms with Crippen molar-refractivity contribution < 1.29 is 33.9 Å². The van der Waals surface area contributed by atoms with E-state index in [2.05, 4.69) is 40.6 Å². The highest BCUT2D eigenvalue weighted by molar-refractivity contribution is 5.98. The van der Waals surface area contributed by atoms with Crippen LogP contribution in [0.1, 0.15) is 111 Å². The maximum atomic E-state index is 13.3. The number of carbonyl (C=O) groups excluding carboxylic acids is 5. The number of benzene rings is 1. The minimum Gasteiger partial charge on any atom is -0.366 e. The molecular formula is C35H60N6O7. The monoisotopic (exact) mass is 676 g/mol. The molecule has 0 aliphatic rings. The third kappa shape index (κ3) is 19.4. The molecule has 1 rings (SSSR count). The summed E-state index contributed by atoms with van der Waals surface area (Å²) < 4.78 is 0. The standard InChI is InChI=1S/C35H60N6O7/c1-23(2)12-8-7-9-15-31(44)41-48-22-26-17-19-27(20-18-26)38-33(45)28(13-11-21-37-35(36)47)39-34(46)32(25(5)6)40-30(43)16-10-14-29(42)24(3)4/h17-20,23-25,28,32,35,37,47H,7-16,21-22,36H2,1-6H3,(H,38,45)(H,39,46)(H,40,43)(H,41,44)/t28-,32-,35?/m0/s1. The normalized spacial score (nSPS) is 13.2. The van der Waals surface area contributed by atoms with E-state index in [0.717, 1.165) is 31.2 Å². The topological polar surface area (TPSA) is 201 Å². The van der Waals surface area contributed by atoms with Crippen LogP contribution in [0.2, 0.25) is 0 Å². The van der Waals surface area contributed by atoms with Crippen LogP contribution >= 0.6 is 0 Å². The van der Waals surface area contributed by atoms with Crippen LogP contribution in [0.3, 0.4) is 0 Å². The van der Waals surface area contributed by atoms with Gasteiger partial charge in [-0.3, -0.25) is 39.9 Å². The van der Waals surface area contributed by atoms with Crippen molar-refractivity contribution in [3.8, 4) is 0 Å². The van der Waals surface area contributed by atoms with Gasteiger partial charge >= 0.3 is 0 Å². The molecule has 8 N–H and O–H groups in total. The average Bonchev–Trinajstić information content (AvgIpc) is 3.01. The van der Waals surface area contributed by atoms with Gasteiger partial charge in [0.15, 0.2) is 6.35 Å². The van der Waals surface area contributed by atoms with Crippen LogP contribution in [0.15, 0.2) is 24.3 Å². The number of carbonyl (C=O) groups is 5. The predicted molar refractivity (Wildman–Crippen MR) is 186 cm³/mol. The first-order chi connectivity index (χ1) is 22.7. The highest BCUT2D eigenvalue weighted by Crippen LogP contribution is 2.13. The highest BCUT2D eigenvalue weighted by atomic mass is 16.6. The van der Waals surface area contributed by atoms with Crippen LogP contribution < -0.4 is 32.5 Å². The summed E-state index contributed by atoms with van der Waals surface area (Å²) in [6.45, 7) is 12.0. The van der Waals surface area contributed by atoms with Gasteiger partial charge in [-0.1, -0.05) is 72.9 Å². The van der Waals surface area contributed by atoms with E-state index in [4.69, 9.17) is 10.6 Å². The maximum absolute atomic E-state index is 13.3. The molecule has 0 radical (unpaired) electrons. The SMILES string of the molecule is CC(C)CCCCCC(=O)NOCc1ccc(NC(=O)[C@H](CCCNC(N)O)NC(=O)[C@@H](NC(=O)CCCC(=O)C(C)C)C(C)C)cc1. The number of hydroxylamine groups is 1. The molecule has 0 aliphatic carbocycles. The lowest BCUT2D eigenvalue weighted by Crippen LogP contribution is -2.54. The number of Topliss-reactive ketones (excluding diaryl/α,β-unsaturated/α-hetero) is 1. The molecule has 1 aromatic rings. The summed E-state index contributed by atoms with van der Waals surface area (Å²) in [6.07, 6.45) is 4.73. The van der Waals surface area contributed by atoms with Crippen LogP contribution in [0.4, 0.5) is 5.69 Å². The molecule has 0 bridgehead atoms. The number of anilines is 1. The van der Waals surface area contributed by atoms with E-state index >= 15 is 0 Å². The highest BCUT2D eigenvalue weighted by Gasteiger charge is 2.29. The lowest BCUT2D eigenvalue weighted by molar-refractivity contribution is -0.134. The smallest absolute Gasteiger partial charge is 0.246 e. The summed E-state index contributed by atoms with van der Waals surface area (Å²) in [5.74, 6) is -1.09. The van der Waals surface area contributed by atoms with E-state index in [1.807, 2.05) is 13.8 Å². The van der Waals surface area contributed by atoms with E-state index in [0.29, 0.717) is 43.8 Å². The molecular weight excluding hydrogens is 616 g/mol. The van der Waals surface area contributed by atoms with Gasteiger partial charge < -0.3 is 21.1 Å². The summed E-state index contributed by atoms with van der Waals surface area (Å²) in [5, 5.41) is 20.3. The quantitative estimate of drug-likeness (QED) is 0.0460. The molecule has 13 nitrogen and oxygen atoms in total. The minimum atomic E-state index is -1.21. The Labute approximate surface area is 286 Å². The largest absolute Gasteiger partial charge is 0.366 e. The first-order valence-corrected chi connectivity index (χ1v) is 17.3. The van der Waals surface area contributed by atoms with Gasteiger partial charge in [0.2, 0.25) is 23.6 Å². The number of aliphatic hydroxyl groups is 1. The van der Waals surface area contributed by atoms with Crippen LogP contribution in [0.5, 0.6) is 0 Å². The second-order valence-corrected chi connectivity index (χ2v) is 13.4. The van der Waals surface area contributed by atoms with Crippen molar-refractivity contribution in [3.63, 3.8) is 0 Å². The number of hydrogen-bond acceptors (Lipinski definition) is 9. The van der Waals surface area contributed by atoms with Gasteiger partial charge in [0, 0.05) is 30.9 Å². The molecule has 1 unspecified atom stereocenters. The molecule has 0 heterocycles. The zero-order valence-corrected chi connectivity index (χ0v) is 29.7. The van der Waals surface area contributed by atoms with Crippen molar-refractivity contribution in [2.24, 2.45) is 23.5 Å². The second kappa shape index (κ2) is 23.9. The van der Waals surface area contributed by atoms with Crippen molar-refractivity contribution >= 4 is 35.1 Å². The van der Waals surface area contributed by atoms with E-state index in [-0.39, 0.29) is 48.9 Å². The van der Waals surface area contributed by atoms with Crippen LogP contribution in [0.25, 0.3) is 0 Å². The van der Waals surface area contributed by atoms with E-state index < -0.39 is 30.2 Å². The summed E-state index contributed by atoms with van der Waals surface area (Å²) in [6, 6.07) is 5.07. The fourth-order valence-corrected chi connectivity index (χ4v) is 4.76. The molecule has 0 saturated heterocycles. The average molecular weight is 677 g/mol. The van der Waals surface area contributed by atoms with E-state index in [1.54, 1.807) is 38.1 Å². The molecule has 1 aromatic carbocycles. The number of unbranched alkanes of at least 4 members (excludes halogenated alkanes) is 2. The Morgan fingerprint density at radius 1 is 0.771 bits per heavy atom. The van der Waals surface area contributed by atoms with E-state index in [9.17, 15) is 29.1 Å². The molecule has 3 atom stereocenters. The summed E-state index contributed by atoms with van der Waals surface area (Å²) >= 11 is 0. The van der Waals surface area contributed by atoms with Gasteiger partial charge in [-0.05, 0) is 61.8 Å². The molecule has 0 saturated carbocycles. The number of ketones is 1. The first-order valence-electron chi connectivity index (χ1n) is 17.3. The maximum Gasteiger partial charge on any atom is 0.246 e. The zero-order valence-electron chi connectivity index (χ0n) is 29.7. The molecule has 272 valence electrons. The third-order valence-electron chi connectivity index (χ3n) is 7.72. The van der Waals surface area contributed by atoms with Crippen LogP contribution in [-0.4, -0.2) is 59.5 Å². The van der Waals surface area contributed by atoms with Gasteiger partial charge in [-0.15, -0.1) is 0 Å². The Hall–Kier alpha value is -3.39. The predicted octanol–water partition coefficient (Wildman–Crippen LogP) is 3.40. The zero-order chi connectivity index (χ0) is 36.1. The summed E-state index contributed by atoms with van der Waals surface area (Å²) in [7, 11) is 0. The molecule has 48 heavy (non-hydrogen) atoms. The first kappa shape index (κ1) is 42.6. The number of hydrogen-bond donors (Lipinski definition) is 7. The summed E-state index contributed by atoms with van der Waals surface area (Å²) in [4.78, 5) is 68.5. The lowest BCUT2D eigenvalue weighted by atomic mass is 10.0. The second-order valence-electron chi connectivity index (χ2n) is 13.4. The van der Waals surface area contributed by atoms with Crippen LogP contribution in [-0.2, 0) is 35.4 Å². The van der Waals surface area contributed by atoms with Gasteiger partial charge in [0.25, 0.3) is 0 Å². The van der Waals surface area contributed by atoms with Crippen LogP contribution in [0, 0.1) is 17.8 Å². The molecule has 0 aliphatic heterocycles. The van der Waals surface area contributed by atoms with Crippen molar-refractivity contribution in [2.45, 2.75) is 131 Å². The molecule has 0 spiro atoms. The Balaban J connectivity index is 2.73. The number of nitrogens with two attached hydrogens (primary N) is 1. The number of nitrogens with one attached hydrogen (secondary N) is 5. The molecule has 4 amide bonds. The third-order valence-corrected chi connectivity index (χ3v) is 7.72. The minimum absolute atomic E-state index is 0.0801. The van der Waals surface area contributed by atoms with Crippen molar-refractivity contribution in [3.05, 3.63) is 29.8 Å². The van der Waals surface area contributed by atoms with Crippen molar-refractivity contribution in [1.82, 2.24) is 21.4 Å². The Kier molecular flexibility index (Phi) is 21.2. The number of aliphatic hydroxyl groups excluding tert-OH is 1. The Bertz CT molecular complexity index is 1120. The fraction of sp³-hybridized carbons (Fsp3) is 0.686.